The predicted molar refractivity (Wildman–Crippen MR) is 115 cm³/mol. The first-order valence-electron chi connectivity index (χ1n) is 10.00. The Morgan fingerprint density at radius 2 is 2.00 bits per heavy atom. The summed E-state index contributed by atoms with van der Waals surface area (Å²) in [4.78, 5) is 28.6. The second-order valence-electron chi connectivity index (χ2n) is 7.39. The van der Waals surface area contributed by atoms with E-state index < -0.39 is 29.6 Å². The molecule has 1 N–H and O–H groups in total. The maximum atomic E-state index is 14.8. The Bertz CT molecular complexity index is 1240. The molecule has 2 heterocycles. The minimum absolute atomic E-state index is 0.172. The van der Waals surface area contributed by atoms with Crippen molar-refractivity contribution in [3.05, 3.63) is 77.6 Å². The highest BCUT2D eigenvalue weighted by Crippen LogP contribution is 2.26. The molecule has 7 nitrogen and oxygen atoms in total. The van der Waals surface area contributed by atoms with Crippen LogP contribution < -0.4 is 10.2 Å². The number of carbonyl (C=O) groups excluding carboxylic acids is 2. The van der Waals surface area contributed by atoms with E-state index >= 15 is 0 Å². The second-order valence-corrected chi connectivity index (χ2v) is 7.39. The zero-order valence-corrected chi connectivity index (χ0v) is 17.5. The van der Waals surface area contributed by atoms with Crippen molar-refractivity contribution in [2.24, 2.45) is 0 Å². The number of halogens is 3. The van der Waals surface area contributed by atoms with E-state index in [1.54, 1.807) is 12.3 Å². The Labute approximate surface area is 187 Å². The quantitative estimate of drug-likeness (QED) is 0.610. The maximum Gasteiger partial charge on any atom is 0.414 e. The van der Waals surface area contributed by atoms with Crippen LogP contribution in [0, 0.1) is 17.5 Å². The number of nitrogens with one attached hydrogen (secondary N) is 1. The Morgan fingerprint density at radius 3 is 2.73 bits per heavy atom. The molecule has 0 radical (unpaired) electrons. The molecular formula is C23H19F3N4O3. The summed E-state index contributed by atoms with van der Waals surface area (Å²) in [6, 6.07) is 7.52. The SMILES string of the molecule is CC(=O)NC[C@H]1CN(c2ccc(-n3cnc(/C=C/c4ccc(F)cc4F)c3)c(F)c2)C(=O)O1. The molecule has 0 unspecified atom stereocenters. The fraction of sp³-hybridized carbons (Fsp3) is 0.174. The summed E-state index contributed by atoms with van der Waals surface area (Å²) in [6.45, 7) is 1.71. The molecule has 3 aromatic rings. The zero-order chi connectivity index (χ0) is 23.5. The van der Waals surface area contributed by atoms with Gasteiger partial charge in [-0.05, 0) is 42.5 Å². The molecular weight excluding hydrogens is 437 g/mol. The van der Waals surface area contributed by atoms with Crippen molar-refractivity contribution in [2.45, 2.75) is 13.0 Å². The van der Waals surface area contributed by atoms with Crippen LogP contribution in [0.15, 0.2) is 48.9 Å². The van der Waals surface area contributed by atoms with E-state index in [9.17, 15) is 22.8 Å². The van der Waals surface area contributed by atoms with E-state index in [4.69, 9.17) is 4.74 Å². The number of imidazole rings is 1. The fourth-order valence-electron chi connectivity index (χ4n) is 3.34. The molecule has 4 rings (SSSR count). The first-order chi connectivity index (χ1) is 15.8. The lowest BCUT2D eigenvalue weighted by Gasteiger charge is -2.14. The van der Waals surface area contributed by atoms with Gasteiger partial charge in [-0.2, -0.15) is 0 Å². The van der Waals surface area contributed by atoms with Crippen molar-refractivity contribution < 1.29 is 27.5 Å². The number of hydrogen-bond donors (Lipinski definition) is 1. The molecule has 1 fully saturated rings. The number of rotatable bonds is 6. The van der Waals surface area contributed by atoms with Gasteiger partial charge < -0.3 is 14.6 Å². The van der Waals surface area contributed by atoms with Gasteiger partial charge in [0.25, 0.3) is 0 Å². The highest BCUT2D eigenvalue weighted by molar-refractivity contribution is 5.90. The lowest BCUT2D eigenvalue weighted by atomic mass is 10.2. The van der Waals surface area contributed by atoms with Gasteiger partial charge in [0.1, 0.15) is 23.6 Å². The van der Waals surface area contributed by atoms with E-state index in [1.807, 2.05) is 0 Å². The molecule has 1 aliphatic heterocycles. The largest absolute Gasteiger partial charge is 0.442 e. The number of cyclic esters (lactones) is 1. The lowest BCUT2D eigenvalue weighted by molar-refractivity contribution is -0.119. The summed E-state index contributed by atoms with van der Waals surface area (Å²) in [7, 11) is 0. The highest BCUT2D eigenvalue weighted by atomic mass is 19.1. The molecule has 0 aliphatic carbocycles. The number of nitrogens with zero attached hydrogens (tertiary/aromatic N) is 3. The molecule has 2 aromatic carbocycles. The van der Waals surface area contributed by atoms with E-state index in [0.717, 1.165) is 12.1 Å². The molecule has 1 aromatic heterocycles. The summed E-state index contributed by atoms with van der Waals surface area (Å²) < 4.78 is 48.2. The Morgan fingerprint density at radius 1 is 1.18 bits per heavy atom. The van der Waals surface area contributed by atoms with E-state index in [-0.39, 0.29) is 30.2 Å². The number of amides is 2. The van der Waals surface area contributed by atoms with Gasteiger partial charge in [-0.1, -0.05) is 0 Å². The van der Waals surface area contributed by atoms with E-state index in [2.05, 4.69) is 10.3 Å². The van der Waals surface area contributed by atoms with Crippen LogP contribution in [-0.4, -0.2) is 40.7 Å². The summed E-state index contributed by atoms with van der Waals surface area (Å²) in [5, 5.41) is 2.58. The average molecular weight is 456 g/mol. The number of hydrogen-bond acceptors (Lipinski definition) is 4. The van der Waals surface area contributed by atoms with Crippen molar-refractivity contribution in [3.8, 4) is 5.69 Å². The summed E-state index contributed by atoms with van der Waals surface area (Å²) in [5.74, 6) is -2.20. The molecule has 0 spiro atoms. The fourth-order valence-corrected chi connectivity index (χ4v) is 3.34. The average Bonchev–Trinajstić information content (AvgIpc) is 3.38. The van der Waals surface area contributed by atoms with Gasteiger partial charge >= 0.3 is 6.09 Å². The van der Waals surface area contributed by atoms with Gasteiger partial charge in [-0.25, -0.2) is 22.9 Å². The van der Waals surface area contributed by atoms with Gasteiger partial charge in [0.2, 0.25) is 5.91 Å². The molecule has 10 heteroatoms. The number of aromatic nitrogens is 2. The lowest BCUT2D eigenvalue weighted by Crippen LogP contribution is -2.33. The molecule has 170 valence electrons. The van der Waals surface area contributed by atoms with Crippen molar-refractivity contribution in [1.82, 2.24) is 14.9 Å². The van der Waals surface area contributed by atoms with Gasteiger partial charge in [-0.15, -0.1) is 0 Å². The molecule has 1 aliphatic rings. The van der Waals surface area contributed by atoms with E-state index in [1.165, 1.54) is 53.1 Å². The number of carbonyl (C=O) groups is 2. The maximum absolute atomic E-state index is 14.8. The summed E-state index contributed by atoms with van der Waals surface area (Å²) in [6.07, 6.45) is 4.75. The monoisotopic (exact) mass is 456 g/mol. The van der Waals surface area contributed by atoms with Crippen molar-refractivity contribution in [1.29, 1.82) is 0 Å². The van der Waals surface area contributed by atoms with Gasteiger partial charge in [0.05, 0.1) is 36.5 Å². The third-order valence-corrected chi connectivity index (χ3v) is 4.97. The van der Waals surface area contributed by atoms with E-state index in [0.29, 0.717) is 11.4 Å². The minimum atomic E-state index is -0.702. The normalized spacial score (nSPS) is 15.8. The number of ether oxygens (including phenoxy) is 1. The van der Waals surface area contributed by atoms with Crippen molar-refractivity contribution in [3.63, 3.8) is 0 Å². The standard InChI is InChI=1S/C23H19F3N4O3/c1-14(31)27-10-19-12-30(23(32)33-19)18-6-7-22(21(26)9-18)29-11-17(28-13-29)5-3-15-2-4-16(24)8-20(15)25/h2-9,11,13,19H,10,12H2,1H3,(H,27,31)/b5-3+/t19-/m0/s1. The molecule has 2 amide bonds. The van der Waals surface area contributed by atoms with Crippen molar-refractivity contribution in [2.75, 3.05) is 18.0 Å². The number of benzene rings is 2. The van der Waals surface area contributed by atoms with Crippen LogP contribution >= 0.6 is 0 Å². The topological polar surface area (TPSA) is 76.5 Å². The molecule has 1 atom stereocenters. The van der Waals surface area contributed by atoms with Crippen LogP contribution in [0.4, 0.5) is 23.7 Å². The van der Waals surface area contributed by atoms with Crippen LogP contribution in [0.1, 0.15) is 18.2 Å². The second kappa shape index (κ2) is 9.19. The van der Waals surface area contributed by atoms with Gasteiger partial charge in [-0.3, -0.25) is 9.69 Å². The first-order valence-corrected chi connectivity index (χ1v) is 10.00. The molecule has 0 bridgehead atoms. The molecule has 0 saturated carbocycles. The summed E-state index contributed by atoms with van der Waals surface area (Å²) in [5.41, 5.74) is 1.14. The smallest absolute Gasteiger partial charge is 0.414 e. The Kier molecular flexibility index (Phi) is 6.16. The highest BCUT2D eigenvalue weighted by Gasteiger charge is 2.32. The zero-order valence-electron chi connectivity index (χ0n) is 17.5. The Balaban J connectivity index is 1.48. The van der Waals surface area contributed by atoms with Gasteiger partial charge in [0, 0.05) is 24.8 Å². The van der Waals surface area contributed by atoms with Crippen LogP contribution in [0.3, 0.4) is 0 Å². The third-order valence-electron chi connectivity index (χ3n) is 4.97. The van der Waals surface area contributed by atoms with Crippen LogP contribution in [0.2, 0.25) is 0 Å². The van der Waals surface area contributed by atoms with Crippen LogP contribution in [0.25, 0.3) is 17.8 Å². The molecule has 33 heavy (non-hydrogen) atoms. The first kappa shape index (κ1) is 22.1. The summed E-state index contributed by atoms with van der Waals surface area (Å²) >= 11 is 0. The van der Waals surface area contributed by atoms with Crippen LogP contribution in [-0.2, 0) is 9.53 Å². The van der Waals surface area contributed by atoms with Crippen LogP contribution in [0.5, 0.6) is 0 Å². The van der Waals surface area contributed by atoms with Gasteiger partial charge in [0.15, 0.2) is 0 Å². The Hall–Kier alpha value is -4.08. The minimum Gasteiger partial charge on any atom is -0.442 e. The van der Waals surface area contributed by atoms with Crippen molar-refractivity contribution >= 4 is 29.8 Å². The number of anilines is 1. The third kappa shape index (κ3) is 5.05. The molecule has 1 saturated heterocycles. The predicted octanol–water partition coefficient (Wildman–Crippen LogP) is 3.92.